The minimum absolute atomic E-state index is 0.0367. The Balaban J connectivity index is 3.06. The van der Waals surface area contributed by atoms with Crippen molar-refractivity contribution in [2.75, 3.05) is 0 Å². The van der Waals surface area contributed by atoms with Crippen LogP contribution in [0.2, 0.25) is 10.0 Å². The van der Waals surface area contributed by atoms with Crippen LogP contribution < -0.4 is 11.1 Å². The fraction of sp³-hybridized carbons (Fsp3) is 0. The lowest BCUT2D eigenvalue weighted by molar-refractivity contribution is 0.0966. The average Bonchev–Trinajstić information content (AvgIpc) is 2.01. The smallest absolute Gasteiger partial charge is 0.319 e. The number of nitrogens with one attached hydrogen (secondary N) is 1. The molecule has 0 aliphatic rings. The molecular weight excluding hydrogens is 227 g/mol. The molecule has 0 bridgehead atoms. The first-order chi connectivity index (χ1) is 6.52. The molecule has 1 rings (SSSR count). The second-order valence-electron chi connectivity index (χ2n) is 2.42. The Bertz CT molecular complexity index is 373. The van der Waals surface area contributed by atoms with E-state index in [0.29, 0.717) is 0 Å². The van der Waals surface area contributed by atoms with Gasteiger partial charge in [-0.1, -0.05) is 29.3 Å². The van der Waals surface area contributed by atoms with Crippen molar-refractivity contribution >= 4 is 35.1 Å². The van der Waals surface area contributed by atoms with Crippen LogP contribution in [-0.2, 0) is 0 Å². The summed E-state index contributed by atoms with van der Waals surface area (Å²) in [7, 11) is 0. The Morgan fingerprint density at radius 3 is 2.14 bits per heavy atom. The molecule has 3 N–H and O–H groups in total. The van der Waals surface area contributed by atoms with Crippen molar-refractivity contribution in [2.45, 2.75) is 0 Å². The Morgan fingerprint density at radius 1 is 1.21 bits per heavy atom. The molecule has 14 heavy (non-hydrogen) atoms. The van der Waals surface area contributed by atoms with Gasteiger partial charge in [-0.2, -0.15) is 0 Å². The SMILES string of the molecule is NC(=O)NC(=O)c1c(Cl)cccc1Cl. The second kappa shape index (κ2) is 4.30. The molecule has 0 atom stereocenters. The molecule has 3 amide bonds. The van der Waals surface area contributed by atoms with Crippen molar-refractivity contribution in [3.8, 4) is 0 Å². The van der Waals surface area contributed by atoms with Gasteiger partial charge in [-0.05, 0) is 12.1 Å². The molecule has 0 fully saturated rings. The van der Waals surface area contributed by atoms with E-state index in [4.69, 9.17) is 28.9 Å². The average molecular weight is 233 g/mol. The molecule has 74 valence electrons. The monoisotopic (exact) mass is 232 g/mol. The molecular formula is C8H6Cl2N2O2. The number of nitrogens with two attached hydrogens (primary N) is 1. The zero-order valence-electron chi connectivity index (χ0n) is 6.88. The van der Waals surface area contributed by atoms with E-state index in [1.165, 1.54) is 12.1 Å². The summed E-state index contributed by atoms with van der Waals surface area (Å²) in [6, 6.07) is 3.62. The van der Waals surface area contributed by atoms with E-state index in [0.717, 1.165) is 0 Å². The van der Waals surface area contributed by atoms with Crippen molar-refractivity contribution in [1.29, 1.82) is 0 Å². The van der Waals surface area contributed by atoms with Gasteiger partial charge in [0.15, 0.2) is 0 Å². The summed E-state index contributed by atoms with van der Waals surface area (Å²) >= 11 is 11.4. The highest BCUT2D eigenvalue weighted by Crippen LogP contribution is 2.23. The maximum atomic E-state index is 11.3. The van der Waals surface area contributed by atoms with Crippen LogP contribution in [0.25, 0.3) is 0 Å². The van der Waals surface area contributed by atoms with E-state index < -0.39 is 11.9 Å². The van der Waals surface area contributed by atoms with Crippen molar-refractivity contribution in [2.24, 2.45) is 5.73 Å². The van der Waals surface area contributed by atoms with Gasteiger partial charge in [0.05, 0.1) is 15.6 Å². The predicted octanol–water partition coefficient (Wildman–Crippen LogP) is 1.80. The number of carbonyl (C=O) groups excluding carboxylic acids is 2. The number of halogens is 2. The van der Waals surface area contributed by atoms with Crippen molar-refractivity contribution < 1.29 is 9.59 Å². The van der Waals surface area contributed by atoms with E-state index in [-0.39, 0.29) is 15.6 Å². The van der Waals surface area contributed by atoms with E-state index in [2.05, 4.69) is 0 Å². The number of amides is 3. The van der Waals surface area contributed by atoms with E-state index in [9.17, 15) is 9.59 Å². The number of carbonyl (C=O) groups is 2. The van der Waals surface area contributed by atoms with Gasteiger partial charge >= 0.3 is 6.03 Å². The van der Waals surface area contributed by atoms with Crippen LogP contribution in [-0.4, -0.2) is 11.9 Å². The van der Waals surface area contributed by atoms with Gasteiger partial charge in [-0.15, -0.1) is 0 Å². The summed E-state index contributed by atoms with van der Waals surface area (Å²) in [6.45, 7) is 0. The van der Waals surface area contributed by atoms with Crippen molar-refractivity contribution in [1.82, 2.24) is 5.32 Å². The molecule has 1 aromatic rings. The lowest BCUT2D eigenvalue weighted by atomic mass is 10.2. The van der Waals surface area contributed by atoms with Crippen LogP contribution in [0.15, 0.2) is 18.2 Å². The highest BCUT2D eigenvalue weighted by molar-refractivity contribution is 6.40. The first-order valence-corrected chi connectivity index (χ1v) is 4.32. The van der Waals surface area contributed by atoms with Crippen LogP contribution in [0.5, 0.6) is 0 Å². The van der Waals surface area contributed by atoms with E-state index in [1.54, 1.807) is 6.07 Å². The van der Waals surface area contributed by atoms with Gasteiger partial charge in [0, 0.05) is 0 Å². The van der Waals surface area contributed by atoms with Crippen LogP contribution in [0.4, 0.5) is 4.79 Å². The zero-order valence-corrected chi connectivity index (χ0v) is 8.39. The molecule has 0 saturated heterocycles. The van der Waals surface area contributed by atoms with Gasteiger partial charge < -0.3 is 5.73 Å². The molecule has 0 aliphatic heterocycles. The minimum atomic E-state index is -0.953. The van der Waals surface area contributed by atoms with Crippen molar-refractivity contribution in [3.05, 3.63) is 33.8 Å². The number of hydrogen-bond acceptors (Lipinski definition) is 2. The quantitative estimate of drug-likeness (QED) is 0.776. The lowest BCUT2D eigenvalue weighted by Gasteiger charge is -2.04. The topological polar surface area (TPSA) is 72.2 Å². The Kier molecular flexibility index (Phi) is 3.33. The molecule has 0 radical (unpaired) electrons. The molecule has 0 heterocycles. The third-order valence-corrected chi connectivity index (χ3v) is 2.06. The van der Waals surface area contributed by atoms with E-state index in [1.807, 2.05) is 5.32 Å². The summed E-state index contributed by atoms with van der Waals surface area (Å²) < 4.78 is 0. The minimum Gasteiger partial charge on any atom is -0.351 e. The summed E-state index contributed by atoms with van der Waals surface area (Å²) in [5, 5.41) is 2.20. The third kappa shape index (κ3) is 2.37. The van der Waals surface area contributed by atoms with Crippen LogP contribution in [0.1, 0.15) is 10.4 Å². The highest BCUT2D eigenvalue weighted by Gasteiger charge is 2.15. The highest BCUT2D eigenvalue weighted by atomic mass is 35.5. The molecule has 1 aromatic carbocycles. The number of urea groups is 1. The molecule has 0 aromatic heterocycles. The number of primary amides is 1. The van der Waals surface area contributed by atoms with Gasteiger partial charge in [0.2, 0.25) is 0 Å². The first kappa shape index (κ1) is 10.8. The van der Waals surface area contributed by atoms with Crippen LogP contribution >= 0.6 is 23.2 Å². The third-order valence-electron chi connectivity index (χ3n) is 1.43. The van der Waals surface area contributed by atoms with Gasteiger partial charge in [0.25, 0.3) is 5.91 Å². The van der Waals surface area contributed by atoms with Gasteiger partial charge in [-0.25, -0.2) is 4.79 Å². The molecule has 6 heteroatoms. The molecule has 0 saturated carbocycles. The summed E-state index contributed by atoms with van der Waals surface area (Å²) in [4.78, 5) is 21.7. The predicted molar refractivity (Wildman–Crippen MR) is 53.5 cm³/mol. The maximum absolute atomic E-state index is 11.3. The Labute approximate surface area is 90.0 Å². The first-order valence-electron chi connectivity index (χ1n) is 3.57. The Morgan fingerprint density at radius 2 is 1.71 bits per heavy atom. The normalized spacial score (nSPS) is 9.57. The second-order valence-corrected chi connectivity index (χ2v) is 3.23. The molecule has 0 spiro atoms. The number of imide groups is 1. The number of benzene rings is 1. The molecule has 0 unspecified atom stereocenters. The summed E-state index contributed by atoms with van der Waals surface area (Å²) in [5.41, 5.74) is 4.81. The number of hydrogen-bond donors (Lipinski definition) is 2. The lowest BCUT2D eigenvalue weighted by Crippen LogP contribution is -2.35. The molecule has 4 nitrogen and oxygen atoms in total. The fourth-order valence-electron chi connectivity index (χ4n) is 0.889. The fourth-order valence-corrected chi connectivity index (χ4v) is 1.46. The summed E-state index contributed by atoms with van der Waals surface area (Å²) in [6.07, 6.45) is 0. The van der Waals surface area contributed by atoms with Crippen LogP contribution in [0, 0.1) is 0 Å². The molecule has 0 aliphatic carbocycles. The van der Waals surface area contributed by atoms with Gasteiger partial charge in [-0.3, -0.25) is 10.1 Å². The Hall–Kier alpha value is -1.26. The summed E-state index contributed by atoms with van der Waals surface area (Å²) in [5.74, 6) is -0.715. The zero-order chi connectivity index (χ0) is 10.7. The maximum Gasteiger partial charge on any atom is 0.319 e. The van der Waals surface area contributed by atoms with Crippen LogP contribution in [0.3, 0.4) is 0 Å². The van der Waals surface area contributed by atoms with Crippen molar-refractivity contribution in [3.63, 3.8) is 0 Å². The largest absolute Gasteiger partial charge is 0.351 e. The number of rotatable bonds is 1. The van der Waals surface area contributed by atoms with E-state index >= 15 is 0 Å². The standard InChI is InChI=1S/C8H6Cl2N2O2/c9-4-2-1-3-5(10)6(4)7(13)12-8(11)14/h1-3H,(H3,11,12,13,14). The van der Waals surface area contributed by atoms with Gasteiger partial charge in [0.1, 0.15) is 0 Å².